The summed E-state index contributed by atoms with van der Waals surface area (Å²) in [5, 5.41) is 10.4. The number of rotatable bonds is 1. The van der Waals surface area contributed by atoms with Crippen LogP contribution in [-0.4, -0.2) is 16.6 Å². The quantitative estimate of drug-likeness (QED) is 0.771. The van der Waals surface area contributed by atoms with E-state index in [0.717, 1.165) is 5.75 Å². The van der Waals surface area contributed by atoms with Crippen LogP contribution in [0, 0.1) is 11.7 Å². The Kier molecular flexibility index (Phi) is 2.54. The molecule has 2 rings (SSSR count). The molecule has 1 nitrogen and oxygen atoms in total. The Morgan fingerprint density at radius 3 is 2.79 bits per heavy atom. The Hall–Kier alpha value is -0.540. The van der Waals surface area contributed by atoms with E-state index in [9.17, 15) is 9.50 Å². The Balaban J connectivity index is 2.43. The van der Waals surface area contributed by atoms with Gasteiger partial charge >= 0.3 is 0 Å². The van der Waals surface area contributed by atoms with Gasteiger partial charge in [-0.3, -0.25) is 0 Å². The van der Waals surface area contributed by atoms with Crippen LogP contribution in [0.4, 0.5) is 4.39 Å². The molecule has 0 spiro atoms. The van der Waals surface area contributed by atoms with Crippen LogP contribution in [0.5, 0.6) is 0 Å². The van der Waals surface area contributed by atoms with Gasteiger partial charge in [0.1, 0.15) is 11.4 Å². The van der Waals surface area contributed by atoms with E-state index in [2.05, 4.69) is 0 Å². The summed E-state index contributed by atoms with van der Waals surface area (Å²) in [4.78, 5) is 0. The van der Waals surface area contributed by atoms with Gasteiger partial charge in [-0.15, -0.1) is 0 Å². The molecule has 1 aromatic carbocycles. The minimum absolute atomic E-state index is 0.115. The third kappa shape index (κ3) is 1.44. The molecule has 1 aromatic rings. The Morgan fingerprint density at radius 2 is 2.21 bits per heavy atom. The van der Waals surface area contributed by atoms with Gasteiger partial charge in [0.05, 0.1) is 0 Å². The van der Waals surface area contributed by atoms with Crippen LogP contribution in [0.2, 0.25) is 0 Å². The van der Waals surface area contributed by atoms with Crippen molar-refractivity contribution < 1.29 is 9.50 Å². The second-order valence-electron chi connectivity index (χ2n) is 3.82. The Morgan fingerprint density at radius 1 is 1.50 bits per heavy atom. The van der Waals surface area contributed by atoms with Gasteiger partial charge in [-0.25, -0.2) is 4.39 Å². The smallest absolute Gasteiger partial charge is 0.129 e. The molecule has 1 aliphatic heterocycles. The molecular formula is C11H13FOS. The van der Waals surface area contributed by atoms with Gasteiger partial charge in [-0.05, 0) is 17.7 Å². The SMILES string of the molecule is C[C@@H]1CSC[C@]1(O)c1ccccc1F. The zero-order valence-electron chi connectivity index (χ0n) is 8.03. The maximum atomic E-state index is 13.5. The van der Waals surface area contributed by atoms with Crippen molar-refractivity contribution in [2.24, 2.45) is 5.92 Å². The lowest BCUT2D eigenvalue weighted by molar-refractivity contribution is 0.0200. The summed E-state index contributed by atoms with van der Waals surface area (Å²) in [6.45, 7) is 1.96. The molecule has 1 aliphatic rings. The molecule has 14 heavy (non-hydrogen) atoms. The lowest BCUT2D eigenvalue weighted by Crippen LogP contribution is -2.33. The summed E-state index contributed by atoms with van der Waals surface area (Å²) in [5.41, 5.74) is -0.534. The van der Waals surface area contributed by atoms with Crippen molar-refractivity contribution in [2.45, 2.75) is 12.5 Å². The number of thioether (sulfide) groups is 1. The van der Waals surface area contributed by atoms with E-state index in [1.54, 1.807) is 30.0 Å². The van der Waals surface area contributed by atoms with Crippen LogP contribution in [0.3, 0.4) is 0 Å². The molecule has 2 atom stereocenters. The molecule has 0 unspecified atom stereocenters. The fourth-order valence-corrected chi connectivity index (χ4v) is 3.33. The van der Waals surface area contributed by atoms with Crippen molar-refractivity contribution >= 4 is 11.8 Å². The first-order valence-corrected chi connectivity index (χ1v) is 5.85. The molecule has 0 radical (unpaired) electrons. The van der Waals surface area contributed by atoms with Crippen molar-refractivity contribution in [3.8, 4) is 0 Å². The van der Waals surface area contributed by atoms with Crippen molar-refractivity contribution in [1.82, 2.24) is 0 Å². The largest absolute Gasteiger partial charge is 0.384 e. The molecule has 0 amide bonds. The number of aliphatic hydroxyl groups is 1. The van der Waals surface area contributed by atoms with Crippen molar-refractivity contribution in [1.29, 1.82) is 0 Å². The van der Waals surface area contributed by atoms with E-state index >= 15 is 0 Å². The van der Waals surface area contributed by atoms with Gasteiger partial charge in [0.15, 0.2) is 0 Å². The monoisotopic (exact) mass is 212 g/mol. The summed E-state index contributed by atoms with van der Waals surface area (Å²) in [5.74, 6) is 1.30. The molecule has 1 N–H and O–H groups in total. The predicted octanol–water partition coefficient (Wildman–Crippen LogP) is 2.40. The minimum Gasteiger partial charge on any atom is -0.384 e. The summed E-state index contributed by atoms with van der Waals surface area (Å²) in [6, 6.07) is 6.50. The van der Waals surface area contributed by atoms with Crippen LogP contribution in [-0.2, 0) is 5.60 Å². The van der Waals surface area contributed by atoms with E-state index in [1.807, 2.05) is 6.92 Å². The molecule has 0 aromatic heterocycles. The lowest BCUT2D eigenvalue weighted by atomic mass is 9.85. The van der Waals surface area contributed by atoms with Crippen LogP contribution < -0.4 is 0 Å². The Labute approximate surface area is 87.3 Å². The highest BCUT2D eigenvalue weighted by molar-refractivity contribution is 7.99. The van der Waals surface area contributed by atoms with Gasteiger partial charge in [-0.1, -0.05) is 25.1 Å². The van der Waals surface area contributed by atoms with E-state index < -0.39 is 5.60 Å². The predicted molar refractivity (Wildman–Crippen MR) is 56.8 cm³/mol. The van der Waals surface area contributed by atoms with Gasteiger partial charge < -0.3 is 5.11 Å². The zero-order valence-corrected chi connectivity index (χ0v) is 8.85. The lowest BCUT2D eigenvalue weighted by Gasteiger charge is -2.27. The van der Waals surface area contributed by atoms with Crippen LogP contribution in [0.25, 0.3) is 0 Å². The molecule has 1 heterocycles. The topological polar surface area (TPSA) is 20.2 Å². The number of halogens is 1. The maximum absolute atomic E-state index is 13.5. The van der Waals surface area contributed by atoms with Crippen molar-refractivity contribution in [3.63, 3.8) is 0 Å². The van der Waals surface area contributed by atoms with Crippen LogP contribution in [0.15, 0.2) is 24.3 Å². The second-order valence-corrected chi connectivity index (χ2v) is 4.85. The molecule has 1 fully saturated rings. The average molecular weight is 212 g/mol. The summed E-state index contributed by atoms with van der Waals surface area (Å²) < 4.78 is 13.5. The number of benzene rings is 1. The van der Waals surface area contributed by atoms with Gasteiger partial charge in [0, 0.05) is 11.3 Å². The standard InChI is InChI=1S/C11H13FOS/c1-8-6-14-7-11(8,13)9-4-2-3-5-10(9)12/h2-5,8,13H,6-7H2,1H3/t8-,11-/m1/s1. The maximum Gasteiger partial charge on any atom is 0.129 e. The van der Waals surface area contributed by atoms with E-state index in [4.69, 9.17) is 0 Å². The summed E-state index contributed by atoms with van der Waals surface area (Å²) in [6.07, 6.45) is 0. The molecule has 76 valence electrons. The summed E-state index contributed by atoms with van der Waals surface area (Å²) >= 11 is 1.68. The molecule has 0 aliphatic carbocycles. The minimum atomic E-state index is -0.976. The number of hydrogen-bond donors (Lipinski definition) is 1. The first-order valence-electron chi connectivity index (χ1n) is 4.70. The zero-order chi connectivity index (χ0) is 10.2. The fourth-order valence-electron chi connectivity index (χ4n) is 1.83. The fraction of sp³-hybridized carbons (Fsp3) is 0.455. The highest BCUT2D eigenvalue weighted by Gasteiger charge is 2.41. The second kappa shape index (κ2) is 3.55. The highest BCUT2D eigenvalue weighted by Crippen LogP contribution is 2.41. The third-order valence-electron chi connectivity index (χ3n) is 2.85. The Bertz CT molecular complexity index is 342. The number of hydrogen-bond acceptors (Lipinski definition) is 2. The summed E-state index contributed by atoms with van der Waals surface area (Å²) in [7, 11) is 0. The first kappa shape index (κ1) is 9.99. The van der Waals surface area contributed by atoms with Gasteiger partial charge in [0.25, 0.3) is 0 Å². The molecule has 1 saturated heterocycles. The highest BCUT2D eigenvalue weighted by atomic mass is 32.2. The molecule has 0 bridgehead atoms. The molecule has 3 heteroatoms. The van der Waals surface area contributed by atoms with Crippen molar-refractivity contribution in [2.75, 3.05) is 11.5 Å². The molecule has 0 saturated carbocycles. The van der Waals surface area contributed by atoms with E-state index in [-0.39, 0.29) is 11.7 Å². The average Bonchev–Trinajstić information content (AvgIpc) is 2.49. The van der Waals surface area contributed by atoms with Crippen molar-refractivity contribution in [3.05, 3.63) is 35.6 Å². The van der Waals surface area contributed by atoms with Gasteiger partial charge in [-0.2, -0.15) is 11.8 Å². The van der Waals surface area contributed by atoms with Crippen LogP contribution in [0.1, 0.15) is 12.5 Å². The first-order chi connectivity index (χ1) is 6.64. The molecular weight excluding hydrogens is 199 g/mol. The normalized spacial score (nSPS) is 32.1. The van der Waals surface area contributed by atoms with Gasteiger partial charge in [0.2, 0.25) is 0 Å². The third-order valence-corrected chi connectivity index (χ3v) is 4.23. The van der Waals surface area contributed by atoms with E-state index in [0.29, 0.717) is 11.3 Å². The van der Waals surface area contributed by atoms with Crippen LogP contribution >= 0.6 is 11.8 Å². The van der Waals surface area contributed by atoms with E-state index in [1.165, 1.54) is 6.07 Å².